The molecule has 0 radical (unpaired) electrons. The number of nitrogens with zero attached hydrogens (tertiary/aromatic N) is 1. The number of halogens is 1. The van der Waals surface area contributed by atoms with Crippen molar-refractivity contribution >= 4 is 11.7 Å². The number of nitrogens with one attached hydrogen (secondary N) is 1. The largest absolute Gasteiger partial charge is 0.388 e. The number of hydrogen-bond donors (Lipinski definition) is 2. The van der Waals surface area contributed by atoms with E-state index in [1.807, 2.05) is 0 Å². The number of benzene rings is 1. The Kier molecular flexibility index (Phi) is 4.20. The Morgan fingerprint density at radius 3 is 2.84 bits per heavy atom. The van der Waals surface area contributed by atoms with E-state index in [1.54, 1.807) is 30.5 Å². The van der Waals surface area contributed by atoms with E-state index in [1.165, 1.54) is 18.2 Å². The van der Waals surface area contributed by atoms with Gasteiger partial charge >= 0.3 is 0 Å². The van der Waals surface area contributed by atoms with Crippen molar-refractivity contribution in [3.8, 4) is 0 Å². The fourth-order valence-corrected chi connectivity index (χ4v) is 1.64. The van der Waals surface area contributed by atoms with Crippen LogP contribution >= 0.6 is 0 Å². The second kappa shape index (κ2) is 6.06. The molecule has 1 heterocycles. The summed E-state index contributed by atoms with van der Waals surface area (Å²) in [6.07, 6.45) is 0.359. The first kappa shape index (κ1) is 13.2. The highest BCUT2D eigenvalue weighted by molar-refractivity contribution is 5.90. The molecule has 19 heavy (non-hydrogen) atoms. The molecule has 4 nitrogen and oxygen atoms in total. The molecule has 0 aliphatic carbocycles. The van der Waals surface area contributed by atoms with E-state index in [2.05, 4.69) is 10.3 Å². The first-order valence-electron chi connectivity index (χ1n) is 5.79. The summed E-state index contributed by atoms with van der Waals surface area (Å²) in [7, 11) is 0. The van der Waals surface area contributed by atoms with Gasteiger partial charge in [0, 0.05) is 6.20 Å². The summed E-state index contributed by atoms with van der Waals surface area (Å²) in [6.45, 7) is 0. The molecule has 2 rings (SSSR count). The van der Waals surface area contributed by atoms with Crippen molar-refractivity contribution in [1.29, 1.82) is 0 Å². The maximum atomic E-state index is 13.0. The number of hydrogen-bond acceptors (Lipinski definition) is 3. The molecule has 0 aliphatic heterocycles. The van der Waals surface area contributed by atoms with Crippen LogP contribution in [0.2, 0.25) is 0 Å². The molecule has 0 bridgehead atoms. The van der Waals surface area contributed by atoms with Gasteiger partial charge in [0.05, 0.1) is 12.5 Å². The number of aliphatic hydroxyl groups is 1. The molecule has 1 aromatic carbocycles. The summed E-state index contributed by atoms with van der Waals surface area (Å²) >= 11 is 0. The van der Waals surface area contributed by atoms with Gasteiger partial charge in [0.2, 0.25) is 5.91 Å². The Balaban J connectivity index is 1.95. The van der Waals surface area contributed by atoms with Gasteiger partial charge in [-0.2, -0.15) is 0 Å². The van der Waals surface area contributed by atoms with Gasteiger partial charge < -0.3 is 10.4 Å². The van der Waals surface area contributed by atoms with Crippen LogP contribution in [0.1, 0.15) is 18.1 Å². The van der Waals surface area contributed by atoms with Crippen molar-refractivity contribution in [3.05, 3.63) is 60.0 Å². The van der Waals surface area contributed by atoms with Crippen LogP contribution in [0.3, 0.4) is 0 Å². The Bertz CT molecular complexity index is 560. The SMILES string of the molecule is O=C(CC(O)c1cccc(F)c1)Nc1ccccn1. The first-order chi connectivity index (χ1) is 9.15. The van der Waals surface area contributed by atoms with Gasteiger partial charge in [0.15, 0.2) is 0 Å². The number of carbonyl (C=O) groups excluding carboxylic acids is 1. The number of amides is 1. The molecule has 0 fully saturated rings. The number of carbonyl (C=O) groups is 1. The molecule has 98 valence electrons. The van der Waals surface area contributed by atoms with Crippen LogP contribution < -0.4 is 5.32 Å². The van der Waals surface area contributed by atoms with Crippen LogP contribution in [0.25, 0.3) is 0 Å². The van der Waals surface area contributed by atoms with E-state index in [9.17, 15) is 14.3 Å². The van der Waals surface area contributed by atoms with Crippen molar-refractivity contribution in [2.45, 2.75) is 12.5 Å². The summed E-state index contributed by atoms with van der Waals surface area (Å²) in [5, 5.41) is 12.4. The normalized spacial score (nSPS) is 11.9. The molecule has 1 atom stereocenters. The lowest BCUT2D eigenvalue weighted by Crippen LogP contribution is -2.16. The highest BCUT2D eigenvalue weighted by Gasteiger charge is 2.13. The minimum Gasteiger partial charge on any atom is -0.388 e. The number of aromatic nitrogens is 1. The van der Waals surface area contributed by atoms with Gasteiger partial charge in [-0.15, -0.1) is 0 Å². The van der Waals surface area contributed by atoms with E-state index >= 15 is 0 Å². The lowest BCUT2D eigenvalue weighted by molar-refractivity contribution is -0.118. The third-order valence-corrected chi connectivity index (χ3v) is 2.54. The van der Waals surface area contributed by atoms with Gasteiger partial charge in [-0.1, -0.05) is 18.2 Å². The van der Waals surface area contributed by atoms with Crippen molar-refractivity contribution in [2.24, 2.45) is 0 Å². The summed E-state index contributed by atoms with van der Waals surface area (Å²) < 4.78 is 13.0. The summed E-state index contributed by atoms with van der Waals surface area (Å²) in [5.74, 6) is -0.406. The Morgan fingerprint density at radius 1 is 1.32 bits per heavy atom. The summed E-state index contributed by atoms with van der Waals surface area (Å²) in [5.41, 5.74) is 0.371. The van der Waals surface area contributed by atoms with Gasteiger partial charge in [0.25, 0.3) is 0 Å². The zero-order chi connectivity index (χ0) is 13.7. The molecule has 0 aliphatic rings. The average Bonchev–Trinajstić information content (AvgIpc) is 2.39. The molecular formula is C14H13FN2O2. The van der Waals surface area contributed by atoms with Crippen molar-refractivity contribution in [1.82, 2.24) is 4.98 Å². The highest BCUT2D eigenvalue weighted by atomic mass is 19.1. The molecule has 2 N–H and O–H groups in total. The number of aliphatic hydroxyl groups excluding tert-OH is 1. The van der Waals surface area contributed by atoms with Crippen LogP contribution in [-0.2, 0) is 4.79 Å². The van der Waals surface area contributed by atoms with Crippen LogP contribution in [0.4, 0.5) is 10.2 Å². The highest BCUT2D eigenvalue weighted by Crippen LogP contribution is 2.18. The summed E-state index contributed by atoms with van der Waals surface area (Å²) in [6, 6.07) is 10.7. The Morgan fingerprint density at radius 2 is 2.16 bits per heavy atom. The number of rotatable bonds is 4. The van der Waals surface area contributed by atoms with Crippen LogP contribution in [0.5, 0.6) is 0 Å². The Hall–Kier alpha value is -2.27. The lowest BCUT2D eigenvalue weighted by Gasteiger charge is -2.11. The molecule has 1 amide bonds. The quantitative estimate of drug-likeness (QED) is 0.886. The fourth-order valence-electron chi connectivity index (χ4n) is 1.64. The van der Waals surface area contributed by atoms with Crippen molar-refractivity contribution in [2.75, 3.05) is 5.32 Å². The van der Waals surface area contributed by atoms with E-state index in [-0.39, 0.29) is 12.3 Å². The lowest BCUT2D eigenvalue weighted by atomic mass is 10.1. The molecule has 2 aromatic rings. The molecule has 0 saturated heterocycles. The minimum absolute atomic E-state index is 0.153. The van der Waals surface area contributed by atoms with E-state index in [0.717, 1.165) is 0 Å². The maximum Gasteiger partial charge on any atom is 0.228 e. The third-order valence-electron chi connectivity index (χ3n) is 2.54. The molecular weight excluding hydrogens is 247 g/mol. The fraction of sp³-hybridized carbons (Fsp3) is 0.143. The maximum absolute atomic E-state index is 13.0. The number of pyridine rings is 1. The van der Waals surface area contributed by atoms with Gasteiger partial charge in [-0.3, -0.25) is 4.79 Å². The monoisotopic (exact) mass is 260 g/mol. The summed E-state index contributed by atoms with van der Waals surface area (Å²) in [4.78, 5) is 15.6. The second-order valence-electron chi connectivity index (χ2n) is 4.04. The predicted molar refractivity (Wildman–Crippen MR) is 68.8 cm³/mol. The first-order valence-corrected chi connectivity index (χ1v) is 5.79. The zero-order valence-corrected chi connectivity index (χ0v) is 10.1. The molecule has 1 aromatic heterocycles. The topological polar surface area (TPSA) is 62.2 Å². The van der Waals surface area contributed by atoms with Gasteiger partial charge in [-0.25, -0.2) is 9.37 Å². The van der Waals surface area contributed by atoms with Crippen LogP contribution in [-0.4, -0.2) is 16.0 Å². The number of anilines is 1. The van der Waals surface area contributed by atoms with Gasteiger partial charge in [0.1, 0.15) is 11.6 Å². The molecule has 0 saturated carbocycles. The smallest absolute Gasteiger partial charge is 0.228 e. The van der Waals surface area contributed by atoms with Crippen LogP contribution in [0, 0.1) is 5.82 Å². The Labute approximate surface area is 109 Å². The minimum atomic E-state index is -1.04. The molecule has 5 heteroatoms. The standard InChI is InChI=1S/C14H13FN2O2/c15-11-5-3-4-10(8-11)12(18)9-14(19)17-13-6-1-2-7-16-13/h1-8,12,18H,9H2,(H,16,17,19). The molecule has 0 spiro atoms. The zero-order valence-electron chi connectivity index (χ0n) is 10.1. The van der Waals surface area contributed by atoms with Gasteiger partial charge in [-0.05, 0) is 29.8 Å². The van der Waals surface area contributed by atoms with E-state index in [0.29, 0.717) is 11.4 Å². The van der Waals surface area contributed by atoms with Crippen LogP contribution in [0.15, 0.2) is 48.7 Å². The van der Waals surface area contributed by atoms with Crippen molar-refractivity contribution < 1.29 is 14.3 Å². The average molecular weight is 260 g/mol. The third kappa shape index (κ3) is 3.86. The molecule has 1 unspecified atom stereocenters. The second-order valence-corrected chi connectivity index (χ2v) is 4.04. The van der Waals surface area contributed by atoms with Crippen molar-refractivity contribution in [3.63, 3.8) is 0 Å². The predicted octanol–water partition coefficient (Wildman–Crippen LogP) is 2.28. The van der Waals surface area contributed by atoms with E-state index < -0.39 is 11.9 Å². The van der Waals surface area contributed by atoms with E-state index in [4.69, 9.17) is 0 Å².